The maximum atomic E-state index is 5.89. The van der Waals surface area contributed by atoms with Gasteiger partial charge in [-0.2, -0.15) is 0 Å². The normalized spacial score (nSPS) is 26.0. The first kappa shape index (κ1) is 15.4. The van der Waals surface area contributed by atoms with E-state index in [1.54, 1.807) is 0 Å². The molecule has 2 fully saturated rings. The van der Waals surface area contributed by atoms with E-state index in [1.807, 2.05) is 19.2 Å². The predicted molar refractivity (Wildman–Crippen MR) is 96.2 cm³/mol. The highest BCUT2D eigenvalue weighted by atomic mass is 16.5. The highest BCUT2D eigenvalue weighted by Gasteiger charge is 2.41. The lowest BCUT2D eigenvalue weighted by Crippen LogP contribution is -2.47. The first-order valence-corrected chi connectivity index (χ1v) is 8.79. The molecule has 126 valence electrons. The number of pyridine rings is 1. The van der Waals surface area contributed by atoms with Gasteiger partial charge in [0.05, 0.1) is 23.8 Å². The van der Waals surface area contributed by atoms with Crippen LogP contribution in [0.3, 0.4) is 0 Å². The minimum atomic E-state index is 0.357. The molecule has 2 aliphatic rings. The van der Waals surface area contributed by atoms with Crippen LogP contribution in [0.15, 0.2) is 41.4 Å². The molecular formula is C19H24N4O. The summed E-state index contributed by atoms with van der Waals surface area (Å²) in [5.74, 6) is 0.858. The fourth-order valence-electron chi connectivity index (χ4n) is 3.72. The maximum absolute atomic E-state index is 5.89. The van der Waals surface area contributed by atoms with Gasteiger partial charge < -0.3 is 15.4 Å². The number of guanidine groups is 1. The molecule has 2 N–H and O–H groups in total. The van der Waals surface area contributed by atoms with Gasteiger partial charge in [-0.15, -0.1) is 0 Å². The second-order valence-corrected chi connectivity index (χ2v) is 6.60. The molecular weight excluding hydrogens is 300 g/mol. The van der Waals surface area contributed by atoms with Gasteiger partial charge in [-0.1, -0.05) is 24.3 Å². The summed E-state index contributed by atoms with van der Waals surface area (Å²) in [5, 5.41) is 8.09. The lowest BCUT2D eigenvalue weighted by atomic mass is 9.96. The Morgan fingerprint density at radius 2 is 2.17 bits per heavy atom. The van der Waals surface area contributed by atoms with Gasteiger partial charge in [-0.05, 0) is 31.4 Å². The number of hydrogen-bond donors (Lipinski definition) is 2. The van der Waals surface area contributed by atoms with E-state index in [-0.39, 0.29) is 0 Å². The van der Waals surface area contributed by atoms with Crippen molar-refractivity contribution in [1.29, 1.82) is 0 Å². The molecule has 0 radical (unpaired) electrons. The number of aromatic nitrogens is 1. The molecule has 24 heavy (non-hydrogen) atoms. The summed E-state index contributed by atoms with van der Waals surface area (Å²) in [7, 11) is 1.82. The third-order valence-corrected chi connectivity index (χ3v) is 4.98. The van der Waals surface area contributed by atoms with E-state index in [2.05, 4.69) is 39.9 Å². The third-order valence-electron chi connectivity index (χ3n) is 4.98. The first-order valence-electron chi connectivity index (χ1n) is 8.79. The summed E-state index contributed by atoms with van der Waals surface area (Å²) in [4.78, 5) is 9.05. The van der Waals surface area contributed by atoms with Gasteiger partial charge in [-0.25, -0.2) is 0 Å². The summed E-state index contributed by atoms with van der Waals surface area (Å²) in [6, 6.07) is 12.9. The maximum Gasteiger partial charge on any atom is 0.191 e. The number of nitrogens with one attached hydrogen (secondary N) is 2. The van der Waals surface area contributed by atoms with Crippen LogP contribution in [-0.2, 0) is 11.2 Å². The van der Waals surface area contributed by atoms with Crippen molar-refractivity contribution in [2.45, 2.75) is 43.9 Å². The van der Waals surface area contributed by atoms with Crippen molar-refractivity contribution in [3.8, 4) is 0 Å². The van der Waals surface area contributed by atoms with E-state index in [1.165, 1.54) is 18.2 Å². The molecule has 3 heterocycles. The Labute approximate surface area is 142 Å². The van der Waals surface area contributed by atoms with Crippen molar-refractivity contribution in [3.63, 3.8) is 0 Å². The van der Waals surface area contributed by atoms with E-state index < -0.39 is 0 Å². The SMILES string of the molecule is CN=C(NCCc1ccc2ccccc2n1)NC1CC2CCC1O2. The molecule has 0 spiro atoms. The van der Waals surface area contributed by atoms with Gasteiger partial charge in [0.25, 0.3) is 0 Å². The molecule has 3 unspecified atom stereocenters. The smallest absolute Gasteiger partial charge is 0.191 e. The van der Waals surface area contributed by atoms with Crippen molar-refractivity contribution in [3.05, 3.63) is 42.1 Å². The zero-order valence-electron chi connectivity index (χ0n) is 14.0. The third kappa shape index (κ3) is 3.22. The van der Waals surface area contributed by atoms with Crippen LogP contribution in [0.1, 0.15) is 25.0 Å². The predicted octanol–water partition coefficient (Wildman–Crippen LogP) is 2.26. The highest BCUT2D eigenvalue weighted by molar-refractivity contribution is 5.80. The molecule has 3 atom stereocenters. The number of ether oxygens (including phenoxy) is 1. The van der Waals surface area contributed by atoms with Gasteiger partial charge in [0.15, 0.2) is 5.96 Å². The number of para-hydroxylation sites is 1. The molecule has 2 saturated heterocycles. The quantitative estimate of drug-likeness (QED) is 0.669. The average Bonchev–Trinajstić information content (AvgIpc) is 3.23. The Morgan fingerprint density at radius 1 is 1.25 bits per heavy atom. The molecule has 5 heteroatoms. The number of nitrogens with zero attached hydrogens (tertiary/aromatic N) is 2. The summed E-state index contributed by atoms with van der Waals surface area (Å²) in [5.41, 5.74) is 2.15. The summed E-state index contributed by atoms with van der Waals surface area (Å²) in [6.45, 7) is 0.812. The molecule has 1 aromatic carbocycles. The van der Waals surface area contributed by atoms with Crippen molar-refractivity contribution >= 4 is 16.9 Å². The fraction of sp³-hybridized carbons (Fsp3) is 0.474. The van der Waals surface area contributed by atoms with E-state index in [0.29, 0.717) is 18.2 Å². The summed E-state index contributed by atoms with van der Waals surface area (Å²) in [6.07, 6.45) is 5.15. The molecule has 5 nitrogen and oxygen atoms in total. The average molecular weight is 324 g/mol. The van der Waals surface area contributed by atoms with E-state index in [0.717, 1.165) is 36.6 Å². The van der Waals surface area contributed by atoms with E-state index in [4.69, 9.17) is 9.72 Å². The van der Waals surface area contributed by atoms with Crippen LogP contribution >= 0.6 is 0 Å². The van der Waals surface area contributed by atoms with Gasteiger partial charge in [-0.3, -0.25) is 9.98 Å². The highest BCUT2D eigenvalue weighted by Crippen LogP contribution is 2.34. The Bertz CT molecular complexity index is 745. The van der Waals surface area contributed by atoms with Crippen molar-refractivity contribution in [2.75, 3.05) is 13.6 Å². The Balaban J connectivity index is 1.30. The van der Waals surface area contributed by atoms with E-state index in [9.17, 15) is 0 Å². The zero-order chi connectivity index (χ0) is 16.4. The zero-order valence-corrected chi connectivity index (χ0v) is 14.0. The minimum absolute atomic E-state index is 0.357. The molecule has 4 rings (SSSR count). The topological polar surface area (TPSA) is 58.5 Å². The Hall–Kier alpha value is -2.14. The molecule has 0 aliphatic carbocycles. The monoisotopic (exact) mass is 324 g/mol. The molecule has 2 bridgehead atoms. The Morgan fingerprint density at radius 3 is 2.96 bits per heavy atom. The molecule has 1 aromatic heterocycles. The lowest BCUT2D eigenvalue weighted by molar-refractivity contribution is 0.0992. The molecule has 2 aliphatic heterocycles. The van der Waals surface area contributed by atoms with Crippen LogP contribution in [0.2, 0.25) is 0 Å². The fourth-order valence-corrected chi connectivity index (χ4v) is 3.72. The molecule has 2 aromatic rings. The lowest BCUT2D eigenvalue weighted by Gasteiger charge is -2.22. The van der Waals surface area contributed by atoms with Crippen molar-refractivity contribution < 1.29 is 4.74 Å². The Kier molecular flexibility index (Phi) is 4.34. The van der Waals surface area contributed by atoms with Gasteiger partial charge in [0.2, 0.25) is 0 Å². The van der Waals surface area contributed by atoms with Gasteiger partial charge in [0.1, 0.15) is 0 Å². The van der Waals surface area contributed by atoms with Crippen LogP contribution in [0.5, 0.6) is 0 Å². The number of hydrogen-bond acceptors (Lipinski definition) is 3. The van der Waals surface area contributed by atoms with E-state index >= 15 is 0 Å². The van der Waals surface area contributed by atoms with Crippen molar-refractivity contribution in [1.82, 2.24) is 15.6 Å². The minimum Gasteiger partial charge on any atom is -0.373 e. The number of rotatable bonds is 4. The standard InChI is InChI=1S/C19H24N4O/c1-20-19(23-17-12-15-8-9-18(17)24-15)21-11-10-14-7-6-13-4-2-3-5-16(13)22-14/h2-7,15,17-18H,8-12H2,1H3,(H2,20,21,23). The van der Waals surface area contributed by atoms with Crippen LogP contribution in [-0.4, -0.2) is 42.8 Å². The number of benzene rings is 1. The second-order valence-electron chi connectivity index (χ2n) is 6.60. The largest absolute Gasteiger partial charge is 0.373 e. The van der Waals surface area contributed by atoms with Crippen LogP contribution in [0.25, 0.3) is 10.9 Å². The van der Waals surface area contributed by atoms with Crippen LogP contribution in [0, 0.1) is 0 Å². The second kappa shape index (κ2) is 6.77. The number of fused-ring (bicyclic) bond motifs is 3. The van der Waals surface area contributed by atoms with Crippen molar-refractivity contribution in [2.24, 2.45) is 4.99 Å². The summed E-state index contributed by atoms with van der Waals surface area (Å²) < 4.78 is 5.89. The number of aliphatic imine (C=N–C) groups is 1. The molecule has 0 amide bonds. The first-order chi connectivity index (χ1) is 11.8. The molecule has 0 saturated carbocycles. The van der Waals surface area contributed by atoms with Gasteiger partial charge in [0, 0.05) is 31.1 Å². The van der Waals surface area contributed by atoms with Crippen LogP contribution < -0.4 is 10.6 Å². The van der Waals surface area contributed by atoms with Gasteiger partial charge >= 0.3 is 0 Å². The van der Waals surface area contributed by atoms with Crippen LogP contribution in [0.4, 0.5) is 0 Å². The summed E-state index contributed by atoms with van der Waals surface area (Å²) >= 11 is 0.